The molecule has 33 valence electrons. The van der Waals surface area contributed by atoms with Gasteiger partial charge in [-0.3, -0.25) is 0 Å². The van der Waals surface area contributed by atoms with Gasteiger partial charge in [0.15, 0.2) is 0 Å². The molecule has 0 saturated heterocycles. The van der Waals surface area contributed by atoms with Crippen LogP contribution in [0.15, 0.2) is 0 Å². The van der Waals surface area contributed by atoms with Crippen molar-refractivity contribution in [3.63, 3.8) is 0 Å². The first-order valence-corrected chi connectivity index (χ1v) is 0. The van der Waals surface area contributed by atoms with E-state index >= 15 is 0 Å². The van der Waals surface area contributed by atoms with Crippen molar-refractivity contribution in [2.45, 2.75) is 0 Å². The van der Waals surface area contributed by atoms with Crippen LogP contribution in [-0.4, -0.2) is 0 Å². The van der Waals surface area contributed by atoms with Gasteiger partial charge in [0.05, 0.1) is 0 Å². The van der Waals surface area contributed by atoms with Crippen LogP contribution < -0.4 is 0 Å². The first-order chi connectivity index (χ1) is 0. The zero-order chi connectivity index (χ0) is 0. The Labute approximate surface area is 88.9 Å². The summed E-state index contributed by atoms with van der Waals surface area (Å²) in [4.78, 5) is 0. The van der Waals surface area contributed by atoms with Crippen LogP contribution in [0, 0.1) is 40.4 Å². The van der Waals surface area contributed by atoms with Crippen LogP contribution in [0.4, 0.5) is 0 Å². The third-order valence-corrected chi connectivity index (χ3v) is 0. The Morgan fingerprint density at radius 2 is 0.500 bits per heavy atom. The molecule has 0 amide bonds. The Bertz CT molecular complexity index is 3.25. The fourth-order valence-electron chi connectivity index (χ4n) is 0. The van der Waals surface area contributed by atoms with Crippen molar-refractivity contribution < 1.29 is 90.7 Å². The maximum absolute atomic E-state index is 0. The van der Waals surface area contributed by atoms with Crippen LogP contribution in [-0.2, 0) is 50.3 Å². The number of hydrogen-bond acceptors (Lipinski definition) is 0. The smallest absolute Gasteiger partial charge is 0 e. The Balaban J connectivity index is 0. The standard InChI is InChI=1S/3Co.Sm. The van der Waals surface area contributed by atoms with E-state index in [2.05, 4.69) is 0 Å². The van der Waals surface area contributed by atoms with Crippen molar-refractivity contribution in [3.05, 3.63) is 0 Å². The van der Waals surface area contributed by atoms with Crippen LogP contribution in [0.3, 0.4) is 0 Å². The Morgan fingerprint density at radius 3 is 0.500 bits per heavy atom. The molecule has 0 aliphatic carbocycles. The van der Waals surface area contributed by atoms with E-state index < -0.39 is 0 Å². The van der Waals surface area contributed by atoms with Gasteiger partial charge >= 0.3 is 0 Å². The minimum Gasteiger partial charge on any atom is 0 e. The molecular formula is Co3Sm. The van der Waals surface area contributed by atoms with Crippen LogP contribution in [0.1, 0.15) is 0 Å². The van der Waals surface area contributed by atoms with Crippen LogP contribution in [0.5, 0.6) is 0 Å². The summed E-state index contributed by atoms with van der Waals surface area (Å²) in [6, 6.07) is 0. The summed E-state index contributed by atoms with van der Waals surface area (Å²) in [5.41, 5.74) is 0. The molecule has 3 radical (unpaired) electrons. The van der Waals surface area contributed by atoms with Gasteiger partial charge in [-0.2, -0.15) is 0 Å². The molecular weight excluding hydrogens is 327 g/mol. The fourth-order valence-corrected chi connectivity index (χ4v) is 0. The molecule has 0 fully saturated rings. The topological polar surface area (TPSA) is 0 Å². The number of rotatable bonds is 0. The van der Waals surface area contributed by atoms with Crippen LogP contribution in [0.25, 0.3) is 0 Å². The van der Waals surface area contributed by atoms with Gasteiger partial charge < -0.3 is 0 Å². The minimum absolute atomic E-state index is 0. The quantitative estimate of drug-likeness (QED) is 0.587. The second-order valence-electron chi connectivity index (χ2n) is 0. The third kappa shape index (κ3) is 8.85. The second kappa shape index (κ2) is 16.9. The van der Waals surface area contributed by atoms with Crippen molar-refractivity contribution in [2.24, 2.45) is 0 Å². The molecule has 0 rings (SSSR count). The van der Waals surface area contributed by atoms with Crippen molar-refractivity contribution in [1.82, 2.24) is 0 Å². The summed E-state index contributed by atoms with van der Waals surface area (Å²) in [6.45, 7) is 0. The van der Waals surface area contributed by atoms with E-state index in [1.807, 2.05) is 0 Å². The predicted octanol–water partition coefficient (Wildman–Crippen LogP) is -0.00750. The zero-order valence-electron chi connectivity index (χ0n) is 1.41. The van der Waals surface area contributed by atoms with Gasteiger partial charge in [0.2, 0.25) is 0 Å². The summed E-state index contributed by atoms with van der Waals surface area (Å²) in [7, 11) is 0. The molecule has 0 aliphatic rings. The van der Waals surface area contributed by atoms with Gasteiger partial charge in [-0.05, 0) is 0 Å². The summed E-state index contributed by atoms with van der Waals surface area (Å²) in [5.74, 6) is 0. The molecule has 0 nitrogen and oxygen atoms in total. The van der Waals surface area contributed by atoms with E-state index in [4.69, 9.17) is 0 Å². The molecule has 4 heavy (non-hydrogen) atoms. The van der Waals surface area contributed by atoms with E-state index in [-0.39, 0.29) is 90.7 Å². The van der Waals surface area contributed by atoms with E-state index in [1.54, 1.807) is 0 Å². The number of hydrogen-bond donors (Lipinski definition) is 0. The van der Waals surface area contributed by atoms with E-state index in [9.17, 15) is 0 Å². The van der Waals surface area contributed by atoms with Crippen LogP contribution >= 0.6 is 0 Å². The van der Waals surface area contributed by atoms with Crippen molar-refractivity contribution in [3.8, 4) is 0 Å². The summed E-state index contributed by atoms with van der Waals surface area (Å²) in [5, 5.41) is 0. The van der Waals surface area contributed by atoms with Gasteiger partial charge in [-0.15, -0.1) is 0 Å². The van der Waals surface area contributed by atoms with E-state index in [1.165, 1.54) is 0 Å². The molecule has 0 heterocycles. The largest absolute Gasteiger partial charge is 0 e. The third-order valence-electron chi connectivity index (χ3n) is 0. The molecule has 0 aromatic rings. The first-order valence-electron chi connectivity index (χ1n) is 0. The molecule has 0 bridgehead atoms. The van der Waals surface area contributed by atoms with E-state index in [0.717, 1.165) is 0 Å². The van der Waals surface area contributed by atoms with Gasteiger partial charge in [0.1, 0.15) is 0 Å². The van der Waals surface area contributed by atoms with Crippen molar-refractivity contribution in [2.75, 3.05) is 0 Å². The molecule has 0 spiro atoms. The molecule has 4 heteroatoms. The SMILES string of the molecule is [Co].[Co].[Co].[Sm]. The average molecular weight is 327 g/mol. The van der Waals surface area contributed by atoms with E-state index in [0.29, 0.717) is 0 Å². The monoisotopic (exact) mass is 329 g/mol. The summed E-state index contributed by atoms with van der Waals surface area (Å²) < 4.78 is 0. The summed E-state index contributed by atoms with van der Waals surface area (Å²) in [6.07, 6.45) is 0. The molecule has 0 aromatic heterocycles. The van der Waals surface area contributed by atoms with Crippen molar-refractivity contribution in [1.29, 1.82) is 0 Å². The van der Waals surface area contributed by atoms with Gasteiger partial charge in [-0.1, -0.05) is 0 Å². The second-order valence-corrected chi connectivity index (χ2v) is 0. The first kappa shape index (κ1) is 28.8. The summed E-state index contributed by atoms with van der Waals surface area (Å²) >= 11 is 0. The molecule has 0 aromatic carbocycles. The fraction of sp³-hybridized carbons (Fsp3) is 0. The van der Waals surface area contributed by atoms with Gasteiger partial charge in [0, 0.05) is 90.7 Å². The Kier molecular flexibility index (Phi) is 122. The molecule has 0 saturated carbocycles. The maximum Gasteiger partial charge on any atom is 0 e. The van der Waals surface area contributed by atoms with Gasteiger partial charge in [0.25, 0.3) is 0 Å². The molecule has 0 unspecified atom stereocenters. The Morgan fingerprint density at radius 1 is 0.500 bits per heavy atom. The average Bonchev–Trinajstić information content (AvgIpc) is 0. The molecule has 0 atom stereocenters. The normalized spacial score (nSPS) is 0. The zero-order valence-corrected chi connectivity index (χ0v) is 7.15. The molecule has 0 aliphatic heterocycles. The van der Waals surface area contributed by atoms with Crippen LogP contribution in [0.2, 0.25) is 0 Å². The molecule has 0 N–H and O–H groups in total. The predicted molar refractivity (Wildman–Crippen MR) is 0 cm³/mol. The maximum atomic E-state index is 0. The van der Waals surface area contributed by atoms with Gasteiger partial charge in [-0.25, -0.2) is 0 Å². The minimum atomic E-state index is 0. The Hall–Kier alpha value is 2.86. The van der Waals surface area contributed by atoms with Crippen molar-refractivity contribution >= 4 is 0 Å².